The number of carboxylic acids is 1. The average molecular weight is 280 g/mol. The molecular weight excluding hydrogens is 274 g/mol. The number of carbonyl (C=O) groups is 2. The molecule has 2 rings (SSSR count). The molecule has 92 valence electrons. The minimum atomic E-state index is -1.43. The Morgan fingerprint density at radius 2 is 2.17 bits per heavy atom. The molecule has 1 N–H and O–H groups in total. The fourth-order valence-corrected chi connectivity index (χ4v) is 2.60. The number of carbonyl (C=O) groups excluding carboxylic acids is 2. The molecule has 0 aliphatic heterocycles. The Hall–Kier alpha value is -2.06. The van der Waals surface area contributed by atoms with Crippen LogP contribution in [0, 0.1) is 0 Å². The second kappa shape index (κ2) is 5.52. The number of carboxylic acid groups (broad SMARTS) is 1. The second-order valence-electron chi connectivity index (χ2n) is 3.03. The molecule has 0 bridgehead atoms. The number of amides is 1. The summed E-state index contributed by atoms with van der Waals surface area (Å²) in [6.45, 7) is 0. The summed E-state index contributed by atoms with van der Waals surface area (Å²) in [6.07, 6.45) is 1.51. The van der Waals surface area contributed by atoms with Crippen molar-refractivity contribution in [2.24, 2.45) is 0 Å². The Labute approximate surface area is 110 Å². The molecule has 0 aromatic carbocycles. The number of thiophene rings is 1. The van der Waals surface area contributed by atoms with E-state index in [-0.39, 0.29) is 0 Å². The maximum Gasteiger partial charge on any atom is 0.250 e. The summed E-state index contributed by atoms with van der Waals surface area (Å²) in [4.78, 5) is 22.3. The van der Waals surface area contributed by atoms with E-state index in [0.29, 0.717) is 16.2 Å². The van der Waals surface area contributed by atoms with Gasteiger partial charge in [0.05, 0.1) is 10.8 Å². The highest BCUT2D eigenvalue weighted by Gasteiger charge is 2.08. The van der Waals surface area contributed by atoms with Crippen molar-refractivity contribution in [3.05, 3.63) is 29.7 Å². The Morgan fingerprint density at radius 1 is 1.33 bits per heavy atom. The van der Waals surface area contributed by atoms with Crippen LogP contribution >= 0.6 is 22.7 Å². The lowest BCUT2D eigenvalue weighted by atomic mass is 10.5. The summed E-state index contributed by atoms with van der Waals surface area (Å²) in [6, 6.07) is 3.79. The number of anilines is 1. The van der Waals surface area contributed by atoms with Gasteiger partial charge in [0, 0.05) is 6.08 Å². The van der Waals surface area contributed by atoms with Crippen molar-refractivity contribution in [2.75, 3.05) is 5.32 Å². The smallest absolute Gasteiger partial charge is 0.250 e. The van der Waals surface area contributed by atoms with Gasteiger partial charge < -0.3 is 9.90 Å². The van der Waals surface area contributed by atoms with Gasteiger partial charge in [-0.25, -0.2) is 0 Å². The zero-order chi connectivity index (χ0) is 13.0. The number of nitrogens with one attached hydrogen (secondary N) is 1. The molecule has 2 aromatic heterocycles. The lowest BCUT2D eigenvalue weighted by Gasteiger charge is -1.94. The van der Waals surface area contributed by atoms with E-state index in [9.17, 15) is 14.7 Å². The largest absolute Gasteiger partial charge is 0.545 e. The van der Waals surface area contributed by atoms with E-state index < -0.39 is 11.9 Å². The van der Waals surface area contributed by atoms with Crippen molar-refractivity contribution < 1.29 is 14.7 Å². The van der Waals surface area contributed by atoms with E-state index in [1.165, 1.54) is 22.7 Å². The monoisotopic (exact) mass is 280 g/mol. The molecule has 2 aromatic rings. The molecule has 0 saturated carbocycles. The minimum absolute atomic E-state index is 0.311. The number of nitrogens with zero attached hydrogens (tertiary/aromatic N) is 2. The Bertz CT molecular complexity index is 589. The highest BCUT2D eigenvalue weighted by Crippen LogP contribution is 2.29. The van der Waals surface area contributed by atoms with E-state index in [2.05, 4.69) is 15.5 Å². The molecule has 0 radical (unpaired) electrons. The molecule has 1 amide bonds. The predicted octanol–water partition coefficient (Wildman–Crippen LogP) is 0.511. The van der Waals surface area contributed by atoms with Crippen molar-refractivity contribution >= 4 is 39.7 Å². The summed E-state index contributed by atoms with van der Waals surface area (Å²) in [5, 5.41) is 23.2. The number of aromatic nitrogens is 2. The summed E-state index contributed by atoms with van der Waals surface area (Å²) in [5.74, 6) is -2.02. The zero-order valence-electron chi connectivity index (χ0n) is 8.82. The van der Waals surface area contributed by atoms with Gasteiger partial charge in [-0.2, -0.15) is 0 Å². The van der Waals surface area contributed by atoms with Crippen LogP contribution in [0.25, 0.3) is 9.88 Å². The first-order valence-corrected chi connectivity index (χ1v) is 6.42. The van der Waals surface area contributed by atoms with Crippen LogP contribution < -0.4 is 10.4 Å². The fourth-order valence-electron chi connectivity index (χ4n) is 1.06. The van der Waals surface area contributed by atoms with Crippen molar-refractivity contribution in [1.29, 1.82) is 0 Å². The van der Waals surface area contributed by atoms with E-state index >= 15 is 0 Å². The van der Waals surface area contributed by atoms with Crippen molar-refractivity contribution in [3.63, 3.8) is 0 Å². The molecule has 0 saturated heterocycles. The Morgan fingerprint density at radius 3 is 2.83 bits per heavy atom. The van der Waals surface area contributed by atoms with Crippen LogP contribution in [0.1, 0.15) is 0 Å². The molecule has 0 atom stereocenters. The first kappa shape index (κ1) is 12.4. The highest BCUT2D eigenvalue weighted by atomic mass is 32.1. The summed E-state index contributed by atoms with van der Waals surface area (Å²) >= 11 is 2.73. The van der Waals surface area contributed by atoms with Crippen LogP contribution in [0.15, 0.2) is 29.7 Å². The van der Waals surface area contributed by atoms with E-state index in [0.717, 1.165) is 11.0 Å². The van der Waals surface area contributed by atoms with Crippen molar-refractivity contribution in [2.45, 2.75) is 0 Å². The molecule has 0 aliphatic carbocycles. The van der Waals surface area contributed by atoms with E-state index in [1.54, 1.807) is 0 Å². The Balaban J connectivity index is 2.03. The first-order valence-electron chi connectivity index (χ1n) is 4.72. The fraction of sp³-hybridized carbons (Fsp3) is 0. The summed E-state index contributed by atoms with van der Waals surface area (Å²) < 4.78 is 0. The lowest BCUT2D eigenvalue weighted by molar-refractivity contribution is -0.297. The predicted molar refractivity (Wildman–Crippen MR) is 66.0 cm³/mol. The number of rotatable bonds is 4. The molecule has 18 heavy (non-hydrogen) atoms. The van der Waals surface area contributed by atoms with Gasteiger partial charge in [0.15, 0.2) is 5.01 Å². The van der Waals surface area contributed by atoms with Gasteiger partial charge in [0.2, 0.25) is 11.0 Å². The highest BCUT2D eigenvalue weighted by molar-refractivity contribution is 7.23. The second-order valence-corrected chi connectivity index (χ2v) is 4.96. The van der Waals surface area contributed by atoms with Crippen LogP contribution in [0.5, 0.6) is 0 Å². The van der Waals surface area contributed by atoms with Crippen LogP contribution in [0.3, 0.4) is 0 Å². The molecule has 2 heterocycles. The SMILES string of the molecule is O=C([O-])C=CC(=O)Nc1nnc(-c2cccs2)s1. The molecular formula is C10H6N3O3S2-. The minimum Gasteiger partial charge on any atom is -0.545 e. The van der Waals surface area contributed by atoms with E-state index in [4.69, 9.17) is 0 Å². The zero-order valence-corrected chi connectivity index (χ0v) is 10.5. The lowest BCUT2D eigenvalue weighted by Crippen LogP contribution is -2.20. The van der Waals surface area contributed by atoms with Gasteiger partial charge in [-0.15, -0.1) is 21.5 Å². The topological polar surface area (TPSA) is 95.0 Å². The van der Waals surface area contributed by atoms with Gasteiger partial charge in [-0.05, 0) is 17.5 Å². The molecule has 8 heteroatoms. The average Bonchev–Trinajstić information content (AvgIpc) is 2.95. The first-order chi connectivity index (χ1) is 8.65. The third-order valence-electron chi connectivity index (χ3n) is 1.76. The van der Waals surface area contributed by atoms with Crippen LogP contribution in [0.4, 0.5) is 5.13 Å². The van der Waals surface area contributed by atoms with Gasteiger partial charge in [-0.3, -0.25) is 10.1 Å². The molecule has 0 fully saturated rings. The molecule has 0 spiro atoms. The number of aliphatic carboxylic acids is 1. The van der Waals surface area contributed by atoms with Gasteiger partial charge in [-0.1, -0.05) is 17.4 Å². The van der Waals surface area contributed by atoms with Crippen molar-refractivity contribution in [3.8, 4) is 9.88 Å². The van der Waals surface area contributed by atoms with Crippen LogP contribution in [-0.2, 0) is 9.59 Å². The van der Waals surface area contributed by atoms with Gasteiger partial charge in [0.25, 0.3) is 0 Å². The van der Waals surface area contributed by atoms with Gasteiger partial charge >= 0.3 is 0 Å². The number of hydrogen-bond donors (Lipinski definition) is 1. The Kier molecular flexibility index (Phi) is 3.80. The standard InChI is InChI=1S/C10H7N3O3S2/c14-7(3-4-8(15)16)11-10-13-12-9(18-10)6-2-1-5-17-6/h1-5H,(H,15,16)(H,11,13,14)/p-1. The van der Waals surface area contributed by atoms with Crippen LogP contribution in [-0.4, -0.2) is 22.1 Å². The maximum atomic E-state index is 11.3. The molecule has 0 unspecified atom stereocenters. The quantitative estimate of drug-likeness (QED) is 0.823. The summed E-state index contributed by atoms with van der Waals surface area (Å²) in [7, 11) is 0. The molecule has 0 aliphatic rings. The van der Waals surface area contributed by atoms with E-state index in [1.807, 2.05) is 17.5 Å². The summed E-state index contributed by atoms with van der Waals surface area (Å²) in [5.41, 5.74) is 0. The number of hydrogen-bond acceptors (Lipinski definition) is 7. The third kappa shape index (κ3) is 3.22. The van der Waals surface area contributed by atoms with Gasteiger partial charge in [0.1, 0.15) is 0 Å². The normalized spacial score (nSPS) is 10.7. The van der Waals surface area contributed by atoms with Crippen LogP contribution in [0.2, 0.25) is 0 Å². The van der Waals surface area contributed by atoms with Crippen molar-refractivity contribution in [1.82, 2.24) is 10.2 Å². The molecule has 6 nitrogen and oxygen atoms in total. The third-order valence-corrected chi connectivity index (χ3v) is 3.64. The maximum absolute atomic E-state index is 11.3.